The molecular weight excluding hydrogens is 166 g/mol. The van der Waals surface area contributed by atoms with Gasteiger partial charge in [0.1, 0.15) is 17.2 Å². The average Bonchev–Trinajstić information content (AvgIpc) is 1.85. The summed E-state index contributed by atoms with van der Waals surface area (Å²) in [5.41, 5.74) is 0. The van der Waals surface area contributed by atoms with Crippen LogP contribution in [0.15, 0.2) is 0 Å². The quantitative estimate of drug-likeness (QED) is 0.613. The molecule has 0 saturated carbocycles. The third-order valence-electron chi connectivity index (χ3n) is 2.19. The molecule has 0 heterocycles. The molecule has 1 nitrogen and oxygen atoms in total. The first kappa shape index (κ1) is 11.4. The van der Waals surface area contributed by atoms with Crippen molar-refractivity contribution in [2.75, 3.05) is 7.05 Å². The molecule has 11 heavy (non-hydrogen) atoms. The number of hydrogen-bond donors (Lipinski definition) is 0. The van der Waals surface area contributed by atoms with Gasteiger partial charge in [0.25, 0.3) is 0 Å². The van der Waals surface area contributed by atoms with Gasteiger partial charge in [-0.1, -0.05) is 39.5 Å². The second-order valence-electron chi connectivity index (χ2n) is 4.22. The number of rotatable bonds is 4. The Labute approximate surface area is 74.6 Å². The molecule has 0 spiro atoms. The summed E-state index contributed by atoms with van der Waals surface area (Å²) in [6.45, 7) is 12.0. The van der Waals surface area contributed by atoms with Crippen molar-refractivity contribution in [3.05, 3.63) is 0 Å². The highest BCUT2D eigenvalue weighted by Gasteiger charge is 2.24. The van der Waals surface area contributed by atoms with Crippen LogP contribution in [0.4, 0.5) is 0 Å². The predicted molar refractivity (Wildman–Crippen MR) is 57.8 cm³/mol. The average molecular weight is 188 g/mol. The second kappa shape index (κ2) is 4.43. The van der Waals surface area contributed by atoms with Crippen LogP contribution >= 0.6 is 0 Å². The van der Waals surface area contributed by atoms with Gasteiger partial charge in [-0.3, -0.25) is 0 Å². The van der Waals surface area contributed by atoms with Gasteiger partial charge in [0.05, 0.1) is 0 Å². The lowest BCUT2D eigenvalue weighted by atomic mass is 10.6. The smallest absolute Gasteiger partial charge is 0.125 e. The van der Waals surface area contributed by atoms with Gasteiger partial charge >= 0.3 is 0 Å². The molecule has 0 aromatic heterocycles. The van der Waals surface area contributed by atoms with Gasteiger partial charge in [0, 0.05) is 0 Å². The molecule has 67 valence electrons. The minimum absolute atomic E-state index is 0.181. The zero-order valence-corrected chi connectivity index (χ0v) is 10.9. The highest BCUT2D eigenvalue weighted by atomic mass is 28.4. The van der Waals surface area contributed by atoms with E-state index in [9.17, 15) is 0 Å². The van der Waals surface area contributed by atoms with Gasteiger partial charge in [0.15, 0.2) is 0 Å². The first-order valence-corrected chi connectivity index (χ1v) is 10.1. The summed E-state index contributed by atoms with van der Waals surface area (Å²) in [6, 6.07) is 1.44. The summed E-state index contributed by atoms with van der Waals surface area (Å²) in [5, 5.41) is 0. The van der Waals surface area contributed by atoms with Crippen LogP contribution in [0.5, 0.6) is 0 Å². The van der Waals surface area contributed by atoms with E-state index < -0.39 is 8.24 Å². The highest BCUT2D eigenvalue weighted by molar-refractivity contribution is 6.82. The molecule has 0 rings (SSSR count). The van der Waals surface area contributed by atoms with E-state index in [0.29, 0.717) is 0 Å². The molecule has 0 aromatic rings. The van der Waals surface area contributed by atoms with E-state index in [1.165, 1.54) is 12.5 Å². The normalized spacial score (nSPS) is 13.1. The van der Waals surface area contributed by atoms with Gasteiger partial charge in [-0.25, -0.2) is 0 Å². The van der Waals surface area contributed by atoms with Gasteiger partial charge in [-0.05, 0) is 13.1 Å². The maximum absolute atomic E-state index is 2.68. The molecule has 0 amide bonds. The van der Waals surface area contributed by atoms with Gasteiger partial charge < -0.3 is 4.23 Å². The van der Waals surface area contributed by atoms with E-state index in [-0.39, 0.29) is 8.96 Å². The summed E-state index contributed by atoms with van der Waals surface area (Å²) in [7, 11) is 1.15. The molecule has 0 aliphatic carbocycles. The van der Waals surface area contributed by atoms with Crippen molar-refractivity contribution in [1.29, 1.82) is 0 Å². The van der Waals surface area contributed by atoms with Crippen molar-refractivity contribution in [2.45, 2.75) is 45.6 Å². The van der Waals surface area contributed by atoms with E-state index in [4.69, 9.17) is 0 Å². The van der Waals surface area contributed by atoms with Crippen LogP contribution in [0.1, 0.15) is 13.3 Å². The molecule has 0 atom stereocenters. The molecule has 3 heteroatoms. The zero-order chi connectivity index (χ0) is 9.07. The molecule has 0 aliphatic rings. The third kappa shape index (κ3) is 4.08. The van der Waals surface area contributed by atoms with E-state index in [1.54, 1.807) is 0 Å². The van der Waals surface area contributed by atoms with Crippen LogP contribution in [0.25, 0.3) is 0 Å². The largest absolute Gasteiger partial charge is 0.349 e. The van der Waals surface area contributed by atoms with Crippen molar-refractivity contribution in [1.82, 2.24) is 4.23 Å². The fraction of sp³-hybridized carbons (Fsp3) is 1.00. The van der Waals surface area contributed by atoms with Crippen LogP contribution < -0.4 is 0 Å². The molecule has 0 aliphatic heterocycles. The molecule has 0 aromatic carbocycles. The first-order chi connectivity index (χ1) is 4.89. The first-order valence-electron chi connectivity index (χ1n) is 4.46. The lowest BCUT2D eigenvalue weighted by Crippen LogP contribution is -2.50. The second-order valence-corrected chi connectivity index (χ2v) is 12.3. The summed E-state index contributed by atoms with van der Waals surface area (Å²) >= 11 is 0. The topological polar surface area (TPSA) is 3.24 Å². The SMILES string of the molecule is CCC[Si](C)N(C)[Si](C)(C)C. The van der Waals surface area contributed by atoms with E-state index in [2.05, 4.69) is 44.4 Å². The standard InChI is InChI=1S/C8H22NSi2/c1-7-8-10(3)9(2)11(4,5)6/h7-8H2,1-6H3. The van der Waals surface area contributed by atoms with Crippen LogP contribution in [-0.4, -0.2) is 28.5 Å². The zero-order valence-electron chi connectivity index (χ0n) is 8.86. The van der Waals surface area contributed by atoms with Crippen molar-refractivity contribution < 1.29 is 0 Å². The number of hydrogen-bond acceptors (Lipinski definition) is 1. The highest BCUT2D eigenvalue weighted by Crippen LogP contribution is 2.11. The van der Waals surface area contributed by atoms with E-state index in [0.717, 1.165) is 0 Å². The molecular formula is C8H22NSi2. The number of nitrogens with zero attached hydrogens (tertiary/aromatic N) is 1. The summed E-state index contributed by atoms with van der Waals surface area (Å²) < 4.78 is 2.68. The molecule has 0 fully saturated rings. The monoisotopic (exact) mass is 188 g/mol. The minimum Gasteiger partial charge on any atom is -0.349 e. The molecule has 0 unspecified atom stereocenters. The van der Waals surface area contributed by atoms with Crippen LogP contribution in [0.3, 0.4) is 0 Å². The Bertz CT molecular complexity index is 109. The Kier molecular flexibility index (Phi) is 4.59. The molecule has 0 saturated heterocycles. The Morgan fingerprint density at radius 2 is 1.73 bits per heavy atom. The van der Waals surface area contributed by atoms with Crippen molar-refractivity contribution in [2.24, 2.45) is 0 Å². The summed E-state index contributed by atoms with van der Waals surface area (Å²) in [4.78, 5) is 0. The van der Waals surface area contributed by atoms with Crippen LogP contribution in [-0.2, 0) is 0 Å². The minimum atomic E-state index is -0.982. The molecule has 1 radical (unpaired) electrons. The van der Waals surface area contributed by atoms with Crippen molar-refractivity contribution in [3.8, 4) is 0 Å². The van der Waals surface area contributed by atoms with Crippen LogP contribution in [0.2, 0.25) is 32.2 Å². The van der Waals surface area contributed by atoms with E-state index >= 15 is 0 Å². The summed E-state index contributed by atoms with van der Waals surface area (Å²) in [5.74, 6) is 0. The molecule has 0 N–H and O–H groups in total. The summed E-state index contributed by atoms with van der Waals surface area (Å²) in [6.07, 6.45) is 1.35. The van der Waals surface area contributed by atoms with Gasteiger partial charge in [-0.15, -0.1) is 0 Å². The Balaban J connectivity index is 3.91. The van der Waals surface area contributed by atoms with E-state index in [1.807, 2.05) is 0 Å². The third-order valence-corrected chi connectivity index (χ3v) is 9.73. The fourth-order valence-corrected chi connectivity index (χ4v) is 7.08. The lowest BCUT2D eigenvalue weighted by molar-refractivity contribution is 0.764. The Morgan fingerprint density at radius 3 is 2.00 bits per heavy atom. The Hall–Kier alpha value is 0.394. The van der Waals surface area contributed by atoms with Crippen molar-refractivity contribution in [3.63, 3.8) is 0 Å². The fourth-order valence-electron chi connectivity index (χ4n) is 1.10. The van der Waals surface area contributed by atoms with Crippen molar-refractivity contribution >= 4 is 17.2 Å². The predicted octanol–water partition coefficient (Wildman–Crippen LogP) is 2.78. The lowest BCUT2D eigenvalue weighted by Gasteiger charge is -2.34. The maximum atomic E-state index is 2.68. The van der Waals surface area contributed by atoms with Gasteiger partial charge in [0.2, 0.25) is 0 Å². The molecule has 0 bridgehead atoms. The maximum Gasteiger partial charge on any atom is 0.125 e. The van der Waals surface area contributed by atoms with Gasteiger partial charge in [-0.2, -0.15) is 0 Å². The Morgan fingerprint density at radius 1 is 1.27 bits per heavy atom. The van der Waals surface area contributed by atoms with Crippen LogP contribution in [0, 0.1) is 0 Å².